The van der Waals surface area contributed by atoms with Gasteiger partial charge in [-0.15, -0.1) is 0 Å². The maximum atomic E-state index is 12.3. The van der Waals surface area contributed by atoms with E-state index in [1.807, 2.05) is 27.2 Å². The van der Waals surface area contributed by atoms with Gasteiger partial charge in [-0.2, -0.15) is 0 Å². The zero-order chi connectivity index (χ0) is 29.1. The molecule has 0 fully saturated rings. The Balaban J connectivity index is 4.56. The average Bonchev–Trinajstić information content (AvgIpc) is 2.77. The molecule has 0 radical (unpaired) electrons. The first-order chi connectivity index (χ1) is 17.7. The van der Waals surface area contributed by atoms with Gasteiger partial charge in [0.25, 0.3) is 7.82 Å². The molecule has 10 heteroatoms. The molecule has 0 aliphatic rings. The van der Waals surface area contributed by atoms with E-state index in [1.54, 1.807) is 26.8 Å². The lowest BCUT2D eigenvalue weighted by Crippen LogP contribution is -2.47. The van der Waals surface area contributed by atoms with E-state index in [2.05, 4.69) is 12.2 Å². The monoisotopic (exact) mass is 564 g/mol. The van der Waals surface area contributed by atoms with Gasteiger partial charge in [-0.3, -0.25) is 4.57 Å². The van der Waals surface area contributed by atoms with Gasteiger partial charge in [-0.1, -0.05) is 83.3 Å². The van der Waals surface area contributed by atoms with Gasteiger partial charge in [0.05, 0.1) is 39.9 Å². The van der Waals surface area contributed by atoms with Gasteiger partial charge in [-0.25, -0.2) is 4.79 Å². The minimum atomic E-state index is -4.60. The van der Waals surface area contributed by atoms with E-state index in [9.17, 15) is 19.4 Å². The van der Waals surface area contributed by atoms with Crippen LogP contribution in [0.25, 0.3) is 0 Å². The summed E-state index contributed by atoms with van der Waals surface area (Å²) in [4.78, 5) is 24.4. The zero-order valence-electron chi connectivity index (χ0n) is 25.2. The normalized spacial score (nSPS) is 15.8. The van der Waals surface area contributed by atoms with E-state index >= 15 is 0 Å². The number of aliphatic hydroxyl groups is 1. The molecular weight excluding hydrogens is 507 g/mol. The first kappa shape index (κ1) is 37.0. The van der Waals surface area contributed by atoms with Gasteiger partial charge in [0.15, 0.2) is 0 Å². The van der Waals surface area contributed by atoms with Crippen LogP contribution in [-0.2, 0) is 18.3 Å². The quantitative estimate of drug-likeness (QED) is 0.0749. The van der Waals surface area contributed by atoms with Crippen molar-refractivity contribution in [2.75, 3.05) is 40.9 Å². The van der Waals surface area contributed by atoms with Crippen molar-refractivity contribution in [2.45, 2.75) is 122 Å². The number of nitrogens with zero attached hydrogens (tertiary/aromatic N) is 1. The number of amides is 1. The summed E-state index contributed by atoms with van der Waals surface area (Å²) in [6.07, 6.45) is 16.2. The number of nitrogens with one attached hydrogen (secondary N) is 1. The Bertz CT molecular complexity index is 690. The molecule has 1 amide bonds. The molecular formula is C28H57N2O7P. The number of likely N-dealkylation sites (N-methyl/N-ethyl adjacent to an activating group) is 1. The van der Waals surface area contributed by atoms with E-state index in [1.165, 1.54) is 57.8 Å². The van der Waals surface area contributed by atoms with Gasteiger partial charge in [0.2, 0.25) is 0 Å². The molecule has 226 valence electrons. The molecule has 0 aliphatic heterocycles. The fourth-order valence-electron chi connectivity index (χ4n) is 3.62. The lowest BCUT2D eigenvalue weighted by molar-refractivity contribution is -0.870. The molecule has 3 atom stereocenters. The van der Waals surface area contributed by atoms with Crippen LogP contribution in [0.15, 0.2) is 12.2 Å². The van der Waals surface area contributed by atoms with Crippen LogP contribution in [0.3, 0.4) is 0 Å². The zero-order valence-corrected chi connectivity index (χ0v) is 26.1. The van der Waals surface area contributed by atoms with Gasteiger partial charge < -0.3 is 33.6 Å². The lowest BCUT2D eigenvalue weighted by Gasteiger charge is -2.30. The predicted octanol–water partition coefficient (Wildman–Crippen LogP) is 5.71. The van der Waals surface area contributed by atoms with E-state index in [0.29, 0.717) is 11.0 Å². The summed E-state index contributed by atoms with van der Waals surface area (Å²) in [6, 6.07) is -1.03. The number of phosphoric acid groups is 1. The average molecular weight is 565 g/mol. The summed E-state index contributed by atoms with van der Waals surface area (Å²) >= 11 is 0. The van der Waals surface area contributed by atoms with E-state index < -0.39 is 38.3 Å². The van der Waals surface area contributed by atoms with Crippen molar-refractivity contribution in [3.8, 4) is 0 Å². The SMILES string of the molecule is CCCCCCCCCCCCC/C=C/[C@@H](O)[C@H](COP(=O)([O-])OCC[N+](C)(C)C)NC(=O)OC(C)(C)C. The second-order valence-corrected chi connectivity index (χ2v) is 13.5. The first-order valence-electron chi connectivity index (χ1n) is 14.4. The summed E-state index contributed by atoms with van der Waals surface area (Å²) < 4.78 is 27.9. The summed E-state index contributed by atoms with van der Waals surface area (Å²) in [7, 11) is 1.15. The first-order valence-corrected chi connectivity index (χ1v) is 15.9. The number of allylic oxidation sites excluding steroid dienone is 1. The number of quaternary nitrogens is 1. The molecule has 38 heavy (non-hydrogen) atoms. The van der Waals surface area contributed by atoms with Crippen molar-refractivity contribution in [3.63, 3.8) is 0 Å². The molecule has 0 aromatic rings. The van der Waals surface area contributed by atoms with Gasteiger partial charge in [0.1, 0.15) is 18.8 Å². The Labute approximate surface area is 232 Å². The summed E-state index contributed by atoms with van der Waals surface area (Å²) in [6.45, 7) is 7.35. The number of carbonyl (C=O) groups excluding carboxylic acids is 1. The molecule has 1 unspecified atom stereocenters. The van der Waals surface area contributed by atoms with Crippen molar-refractivity contribution >= 4 is 13.9 Å². The smallest absolute Gasteiger partial charge is 0.408 e. The lowest BCUT2D eigenvalue weighted by atomic mass is 10.0. The van der Waals surface area contributed by atoms with Gasteiger partial charge >= 0.3 is 6.09 Å². The number of aliphatic hydroxyl groups excluding tert-OH is 1. The molecule has 0 aromatic carbocycles. The molecule has 0 rings (SSSR count). The topological polar surface area (TPSA) is 117 Å². The Hall–Kier alpha value is -0.960. The fourth-order valence-corrected chi connectivity index (χ4v) is 4.34. The number of hydrogen-bond acceptors (Lipinski definition) is 7. The summed E-state index contributed by atoms with van der Waals surface area (Å²) in [5.74, 6) is 0. The molecule has 0 saturated heterocycles. The fraction of sp³-hybridized carbons (Fsp3) is 0.893. The number of rotatable bonds is 22. The highest BCUT2D eigenvalue weighted by Crippen LogP contribution is 2.38. The highest BCUT2D eigenvalue weighted by molar-refractivity contribution is 7.45. The highest BCUT2D eigenvalue weighted by Gasteiger charge is 2.25. The van der Waals surface area contributed by atoms with E-state index in [0.717, 1.165) is 19.3 Å². The van der Waals surface area contributed by atoms with E-state index in [4.69, 9.17) is 13.8 Å². The number of unbranched alkanes of at least 4 members (excludes halogenated alkanes) is 11. The van der Waals surface area contributed by atoms with Gasteiger partial charge in [-0.05, 0) is 33.6 Å². The molecule has 0 aliphatic carbocycles. The summed E-state index contributed by atoms with van der Waals surface area (Å²) in [5.41, 5.74) is -0.743. The van der Waals surface area contributed by atoms with Crippen molar-refractivity contribution in [2.24, 2.45) is 0 Å². The van der Waals surface area contributed by atoms with Crippen LogP contribution >= 0.6 is 7.82 Å². The van der Waals surface area contributed by atoms with Gasteiger partial charge in [0, 0.05) is 0 Å². The standard InChI is InChI=1S/C28H57N2O7P/c1-8-9-10-11-12-13-14-15-16-17-18-19-20-21-26(31)25(29-27(32)37-28(2,3)4)24-36-38(33,34)35-23-22-30(5,6)7/h20-21,25-26,31H,8-19,22-24H2,1-7H3,(H-,29,32,33,34)/b21-20+/t25-,26+/m0/s1. The van der Waals surface area contributed by atoms with Crippen LogP contribution in [0.2, 0.25) is 0 Å². The molecule has 2 N–H and O–H groups in total. The van der Waals surface area contributed by atoms with E-state index in [-0.39, 0.29) is 6.61 Å². The molecule has 0 saturated carbocycles. The minimum absolute atomic E-state index is 0.0319. The van der Waals surface area contributed by atoms with Crippen LogP contribution in [0.1, 0.15) is 105 Å². The Morgan fingerprint density at radius 3 is 2.00 bits per heavy atom. The second kappa shape index (κ2) is 20.0. The van der Waals surface area contributed by atoms with Crippen molar-refractivity contribution in [1.29, 1.82) is 0 Å². The molecule has 9 nitrogen and oxygen atoms in total. The third-order valence-corrected chi connectivity index (χ3v) is 6.81. The van der Waals surface area contributed by atoms with Crippen LogP contribution in [-0.4, -0.2) is 74.3 Å². The number of alkyl carbamates (subject to hydrolysis) is 1. The van der Waals surface area contributed by atoms with Crippen LogP contribution in [0.5, 0.6) is 0 Å². The highest BCUT2D eigenvalue weighted by atomic mass is 31.2. The number of hydrogen-bond donors (Lipinski definition) is 2. The second-order valence-electron chi connectivity index (χ2n) is 12.1. The Kier molecular flexibility index (Phi) is 19.5. The van der Waals surface area contributed by atoms with Crippen LogP contribution in [0.4, 0.5) is 4.79 Å². The molecule has 0 heterocycles. The Morgan fingerprint density at radius 2 is 1.50 bits per heavy atom. The number of ether oxygens (including phenoxy) is 1. The minimum Gasteiger partial charge on any atom is -0.756 e. The predicted molar refractivity (Wildman–Crippen MR) is 152 cm³/mol. The van der Waals surface area contributed by atoms with Crippen LogP contribution in [0, 0.1) is 0 Å². The van der Waals surface area contributed by atoms with Crippen molar-refractivity contribution in [1.82, 2.24) is 5.32 Å². The van der Waals surface area contributed by atoms with Crippen molar-refractivity contribution in [3.05, 3.63) is 12.2 Å². The summed E-state index contributed by atoms with van der Waals surface area (Å²) in [5, 5.41) is 13.2. The molecule has 0 spiro atoms. The van der Waals surface area contributed by atoms with Crippen LogP contribution < -0.4 is 10.2 Å². The maximum absolute atomic E-state index is 12.3. The Morgan fingerprint density at radius 1 is 0.974 bits per heavy atom. The number of phosphoric ester groups is 1. The van der Waals surface area contributed by atoms with Crippen molar-refractivity contribution < 1.29 is 37.6 Å². The number of carbonyl (C=O) groups is 1. The third-order valence-electron chi connectivity index (χ3n) is 5.85. The molecule has 0 bridgehead atoms. The largest absolute Gasteiger partial charge is 0.756 e. The maximum Gasteiger partial charge on any atom is 0.408 e. The molecule has 0 aromatic heterocycles. The third kappa shape index (κ3) is 24.1.